The molecule has 2 heterocycles. The molecule has 12 rings (SSSR count). The Morgan fingerprint density at radius 3 is 1.03 bits per heavy atom. The van der Waals surface area contributed by atoms with Crippen LogP contribution in [0.4, 0.5) is 0 Å². The lowest BCUT2D eigenvalue weighted by atomic mass is 9.80. The van der Waals surface area contributed by atoms with Crippen LogP contribution in [-0.2, 0) is 0 Å². The van der Waals surface area contributed by atoms with Crippen molar-refractivity contribution in [2.75, 3.05) is 0 Å². The van der Waals surface area contributed by atoms with Crippen LogP contribution in [0, 0.1) is 0 Å². The summed E-state index contributed by atoms with van der Waals surface area (Å²) in [6.07, 6.45) is 0. The maximum atomic E-state index is 5.02. The van der Waals surface area contributed by atoms with E-state index in [4.69, 9.17) is 15.0 Å². The van der Waals surface area contributed by atoms with Crippen molar-refractivity contribution in [1.29, 1.82) is 0 Å². The average Bonchev–Trinajstić information content (AvgIpc) is 3.76. The van der Waals surface area contributed by atoms with Crippen LogP contribution in [0.25, 0.3) is 117 Å². The summed E-state index contributed by atoms with van der Waals surface area (Å²) in [6.45, 7) is 0. The molecule has 0 saturated heterocycles. The van der Waals surface area contributed by atoms with Crippen molar-refractivity contribution in [3.8, 4) is 95.5 Å². The van der Waals surface area contributed by atoms with Gasteiger partial charge in [0.05, 0.1) is 11.0 Å². The topological polar surface area (TPSA) is 43.6 Å². The molecule has 0 amide bonds. The van der Waals surface area contributed by atoms with Crippen LogP contribution in [-0.4, -0.2) is 19.5 Å². The highest BCUT2D eigenvalue weighted by molar-refractivity contribution is 6.26. The van der Waals surface area contributed by atoms with Gasteiger partial charge in [-0.2, -0.15) is 0 Å². The van der Waals surface area contributed by atoms with E-state index in [2.05, 4.69) is 199 Å². The van der Waals surface area contributed by atoms with E-state index in [0.29, 0.717) is 17.5 Å². The first kappa shape index (κ1) is 39.6. The fourth-order valence-electron chi connectivity index (χ4n) is 9.61. The van der Waals surface area contributed by atoms with Crippen LogP contribution in [0.15, 0.2) is 255 Å². The second-order valence-corrected chi connectivity index (χ2v) is 16.7. The van der Waals surface area contributed by atoms with Crippen molar-refractivity contribution >= 4 is 21.8 Å². The molecule has 4 heteroatoms. The Morgan fingerprint density at radius 1 is 0.254 bits per heavy atom. The molecule has 0 atom stereocenters. The highest BCUT2D eigenvalue weighted by Gasteiger charge is 2.29. The summed E-state index contributed by atoms with van der Waals surface area (Å²) in [4.78, 5) is 15.0. The Kier molecular flexibility index (Phi) is 10.2. The fraction of sp³-hybridized carbons (Fsp3) is 0. The smallest absolute Gasteiger partial charge is 0.164 e. The normalized spacial score (nSPS) is 11.3. The molecule has 0 N–H and O–H groups in total. The minimum Gasteiger partial charge on any atom is -0.309 e. The third-order valence-corrected chi connectivity index (χ3v) is 12.6. The van der Waals surface area contributed by atoms with Crippen molar-refractivity contribution in [1.82, 2.24) is 19.5 Å². The second-order valence-electron chi connectivity index (χ2n) is 16.7. The first-order valence-corrected chi connectivity index (χ1v) is 22.7. The van der Waals surface area contributed by atoms with Gasteiger partial charge in [-0.05, 0) is 63.2 Å². The summed E-state index contributed by atoms with van der Waals surface area (Å²) in [5.74, 6) is 1.91. The van der Waals surface area contributed by atoms with Gasteiger partial charge in [0.2, 0.25) is 0 Å². The molecule has 10 aromatic carbocycles. The molecule has 0 bridgehead atoms. The standard InChI is InChI=1S/C63H42N4/c1-8-22-44(23-9-1)55-56(45-24-10-2-11-25-45)58(47-28-14-4-15-29-47)60-59(57(55)46-26-12-3-13-27-46)53-42-51(40-41-54(53)67(60)52-34-20-7-21-35-52)43-36-38-50(39-37-43)63-65-61(48-30-16-5-17-31-48)64-62(66-63)49-32-18-6-19-33-49/h1-42H. The van der Waals surface area contributed by atoms with E-state index >= 15 is 0 Å². The maximum absolute atomic E-state index is 5.02. The molecule has 12 aromatic rings. The van der Waals surface area contributed by atoms with Crippen LogP contribution in [0.1, 0.15) is 0 Å². The molecule has 67 heavy (non-hydrogen) atoms. The first-order valence-electron chi connectivity index (χ1n) is 22.7. The molecule has 0 saturated carbocycles. The lowest BCUT2D eigenvalue weighted by Gasteiger charge is -2.24. The van der Waals surface area contributed by atoms with Crippen LogP contribution in [0.5, 0.6) is 0 Å². The van der Waals surface area contributed by atoms with Crippen molar-refractivity contribution in [3.05, 3.63) is 255 Å². The van der Waals surface area contributed by atoms with Crippen LogP contribution in [0.3, 0.4) is 0 Å². The predicted octanol–water partition coefficient (Wildman–Crippen LogP) is 16.3. The summed E-state index contributed by atoms with van der Waals surface area (Å²) in [6, 6.07) is 90.4. The Labute approximate surface area is 389 Å². The molecular formula is C63H42N4. The number of nitrogens with zero attached hydrogens (tertiary/aromatic N) is 4. The molecule has 2 aromatic heterocycles. The first-order chi connectivity index (χ1) is 33.3. The van der Waals surface area contributed by atoms with Gasteiger partial charge in [0.25, 0.3) is 0 Å². The molecule has 0 aliphatic rings. The predicted molar refractivity (Wildman–Crippen MR) is 278 cm³/mol. The van der Waals surface area contributed by atoms with Crippen LogP contribution >= 0.6 is 0 Å². The minimum atomic E-state index is 0.629. The largest absolute Gasteiger partial charge is 0.309 e. The highest BCUT2D eigenvalue weighted by atomic mass is 15.0. The van der Waals surface area contributed by atoms with E-state index in [1.54, 1.807) is 0 Å². The summed E-state index contributed by atoms with van der Waals surface area (Å²) in [5, 5.41) is 2.37. The zero-order valence-electron chi connectivity index (χ0n) is 36.5. The lowest BCUT2D eigenvalue weighted by molar-refractivity contribution is 1.07. The summed E-state index contributed by atoms with van der Waals surface area (Å²) >= 11 is 0. The molecule has 0 radical (unpaired) electrons. The van der Waals surface area contributed by atoms with Gasteiger partial charge in [0.1, 0.15) is 0 Å². The average molecular weight is 855 g/mol. The van der Waals surface area contributed by atoms with Gasteiger partial charge < -0.3 is 4.57 Å². The van der Waals surface area contributed by atoms with Gasteiger partial charge in [-0.1, -0.05) is 231 Å². The third-order valence-electron chi connectivity index (χ3n) is 12.6. The number of hydrogen-bond donors (Lipinski definition) is 0. The number of para-hydroxylation sites is 1. The van der Waals surface area contributed by atoms with Crippen LogP contribution in [0.2, 0.25) is 0 Å². The van der Waals surface area contributed by atoms with E-state index in [0.717, 1.165) is 66.8 Å². The molecule has 314 valence electrons. The van der Waals surface area contributed by atoms with Crippen molar-refractivity contribution < 1.29 is 0 Å². The number of benzene rings is 10. The Balaban J connectivity index is 1.14. The van der Waals surface area contributed by atoms with Crippen molar-refractivity contribution in [3.63, 3.8) is 0 Å². The quantitative estimate of drug-likeness (QED) is 0.145. The molecule has 0 fully saturated rings. The zero-order valence-corrected chi connectivity index (χ0v) is 36.5. The number of hydrogen-bond acceptors (Lipinski definition) is 3. The van der Waals surface area contributed by atoms with Gasteiger partial charge >= 0.3 is 0 Å². The molecule has 4 nitrogen and oxygen atoms in total. The number of rotatable bonds is 9. The molecule has 0 spiro atoms. The monoisotopic (exact) mass is 854 g/mol. The zero-order chi connectivity index (χ0) is 44.5. The van der Waals surface area contributed by atoms with Crippen LogP contribution < -0.4 is 0 Å². The molecule has 0 unspecified atom stereocenters. The van der Waals surface area contributed by atoms with E-state index in [1.165, 1.54) is 33.0 Å². The number of fused-ring (bicyclic) bond motifs is 3. The van der Waals surface area contributed by atoms with Gasteiger partial charge in [-0.15, -0.1) is 0 Å². The third kappa shape index (κ3) is 7.27. The molecular weight excluding hydrogens is 813 g/mol. The highest BCUT2D eigenvalue weighted by Crippen LogP contribution is 2.54. The summed E-state index contributed by atoms with van der Waals surface area (Å²) < 4.78 is 2.49. The fourth-order valence-corrected chi connectivity index (χ4v) is 9.61. The summed E-state index contributed by atoms with van der Waals surface area (Å²) in [7, 11) is 0. The Morgan fingerprint density at radius 2 is 0.582 bits per heavy atom. The lowest BCUT2D eigenvalue weighted by Crippen LogP contribution is -2.00. The van der Waals surface area contributed by atoms with E-state index < -0.39 is 0 Å². The van der Waals surface area contributed by atoms with E-state index in [-0.39, 0.29) is 0 Å². The minimum absolute atomic E-state index is 0.629. The van der Waals surface area contributed by atoms with Gasteiger partial charge in [-0.25, -0.2) is 15.0 Å². The summed E-state index contributed by atoms with van der Waals surface area (Å²) in [5.41, 5.74) is 17.8. The van der Waals surface area contributed by atoms with Gasteiger partial charge in [-0.3, -0.25) is 0 Å². The maximum Gasteiger partial charge on any atom is 0.164 e. The Bertz CT molecular complexity index is 3610. The van der Waals surface area contributed by atoms with E-state index in [1.807, 2.05) is 60.7 Å². The Hall–Kier alpha value is -8.99. The van der Waals surface area contributed by atoms with Crippen molar-refractivity contribution in [2.24, 2.45) is 0 Å². The molecule has 0 aliphatic carbocycles. The van der Waals surface area contributed by atoms with E-state index in [9.17, 15) is 0 Å². The van der Waals surface area contributed by atoms with Crippen molar-refractivity contribution in [2.45, 2.75) is 0 Å². The number of aromatic nitrogens is 4. The van der Waals surface area contributed by atoms with Gasteiger partial charge in [0, 0.05) is 49.8 Å². The second kappa shape index (κ2) is 17.2. The molecule has 0 aliphatic heterocycles. The van der Waals surface area contributed by atoms with Gasteiger partial charge in [0.15, 0.2) is 17.5 Å². The SMILES string of the molecule is c1ccc(-c2nc(-c3ccccc3)nc(-c3ccc(-c4ccc5c(c4)c4c(-c6ccccc6)c(-c6ccccc6)c(-c6ccccc6)c(-c6ccccc6)c4n5-c4ccccc4)cc3)n2)cc1.